The summed E-state index contributed by atoms with van der Waals surface area (Å²) in [6, 6.07) is 4.66. The van der Waals surface area contributed by atoms with Crippen molar-refractivity contribution in [2.24, 2.45) is 11.5 Å². The van der Waals surface area contributed by atoms with E-state index in [1.54, 1.807) is 19.1 Å². The molecule has 21 heavy (non-hydrogen) atoms. The van der Waals surface area contributed by atoms with Crippen LogP contribution >= 0.6 is 11.5 Å². The minimum atomic E-state index is -0.878. The molecular formula is C13H12FN3O3S. The predicted octanol–water partition coefficient (Wildman–Crippen LogP) is 1.37. The number of nitrogens with zero attached hydrogens (tertiary/aromatic N) is 1. The van der Waals surface area contributed by atoms with Crippen LogP contribution in [-0.2, 0) is 6.61 Å². The van der Waals surface area contributed by atoms with Crippen molar-refractivity contribution in [3.05, 3.63) is 45.6 Å². The smallest absolute Gasteiger partial charge is 0.261 e. The molecule has 0 saturated heterocycles. The molecule has 110 valence electrons. The Morgan fingerprint density at radius 3 is 2.62 bits per heavy atom. The van der Waals surface area contributed by atoms with Gasteiger partial charge >= 0.3 is 0 Å². The van der Waals surface area contributed by atoms with Crippen molar-refractivity contribution in [3.8, 4) is 5.88 Å². The van der Waals surface area contributed by atoms with Gasteiger partial charge in [0, 0.05) is 5.56 Å². The van der Waals surface area contributed by atoms with E-state index in [1.807, 2.05) is 0 Å². The van der Waals surface area contributed by atoms with Crippen LogP contribution in [0.25, 0.3) is 0 Å². The van der Waals surface area contributed by atoms with Crippen molar-refractivity contribution in [1.29, 1.82) is 0 Å². The van der Waals surface area contributed by atoms with Gasteiger partial charge in [-0.15, -0.1) is 0 Å². The Morgan fingerprint density at radius 2 is 2.05 bits per heavy atom. The zero-order valence-electron chi connectivity index (χ0n) is 11.1. The average molecular weight is 309 g/mol. The Morgan fingerprint density at radius 1 is 1.33 bits per heavy atom. The van der Waals surface area contributed by atoms with Crippen LogP contribution in [-0.4, -0.2) is 16.2 Å². The highest BCUT2D eigenvalue weighted by Gasteiger charge is 2.23. The predicted molar refractivity (Wildman–Crippen MR) is 74.6 cm³/mol. The highest BCUT2D eigenvalue weighted by molar-refractivity contribution is 7.08. The van der Waals surface area contributed by atoms with E-state index in [1.165, 1.54) is 6.07 Å². The van der Waals surface area contributed by atoms with Crippen LogP contribution in [0.3, 0.4) is 0 Å². The number of hydrogen-bond donors (Lipinski definition) is 2. The summed E-state index contributed by atoms with van der Waals surface area (Å²) in [5.41, 5.74) is 11.2. The van der Waals surface area contributed by atoms with Gasteiger partial charge in [-0.2, -0.15) is 4.37 Å². The lowest BCUT2D eigenvalue weighted by molar-refractivity contribution is 0.0966. The number of aryl methyl sites for hydroxylation is 1. The molecule has 0 fully saturated rings. The van der Waals surface area contributed by atoms with Gasteiger partial charge in [-0.3, -0.25) is 9.59 Å². The van der Waals surface area contributed by atoms with Gasteiger partial charge in [0.1, 0.15) is 22.9 Å². The summed E-state index contributed by atoms with van der Waals surface area (Å²) in [7, 11) is 0. The summed E-state index contributed by atoms with van der Waals surface area (Å²) in [5.74, 6) is -2.25. The van der Waals surface area contributed by atoms with Crippen molar-refractivity contribution >= 4 is 23.3 Å². The van der Waals surface area contributed by atoms with Gasteiger partial charge in [0.15, 0.2) is 0 Å². The SMILES string of the molecule is Cc1ccc(COc2nsc(C(N)=O)c2C(N)=O)c(F)c1. The maximum absolute atomic E-state index is 13.7. The first-order valence-corrected chi connectivity index (χ1v) is 6.64. The molecule has 1 aromatic carbocycles. The van der Waals surface area contributed by atoms with Crippen LogP contribution in [0.4, 0.5) is 4.39 Å². The van der Waals surface area contributed by atoms with Gasteiger partial charge in [-0.25, -0.2) is 4.39 Å². The number of benzene rings is 1. The fraction of sp³-hybridized carbons (Fsp3) is 0.154. The van der Waals surface area contributed by atoms with E-state index in [-0.39, 0.29) is 22.9 Å². The molecule has 0 aliphatic heterocycles. The largest absolute Gasteiger partial charge is 0.471 e. The van der Waals surface area contributed by atoms with E-state index in [9.17, 15) is 14.0 Å². The molecule has 6 nitrogen and oxygen atoms in total. The van der Waals surface area contributed by atoms with Crippen molar-refractivity contribution in [1.82, 2.24) is 4.37 Å². The molecule has 2 amide bonds. The number of ether oxygens (including phenoxy) is 1. The van der Waals surface area contributed by atoms with E-state index in [2.05, 4.69) is 4.37 Å². The minimum absolute atomic E-state index is 0.0816. The Bertz CT molecular complexity index is 715. The number of carbonyl (C=O) groups excluding carboxylic acids is 2. The Hall–Kier alpha value is -2.48. The summed E-state index contributed by atoms with van der Waals surface area (Å²) >= 11 is 0.710. The number of primary amides is 2. The van der Waals surface area contributed by atoms with Gasteiger partial charge in [-0.05, 0) is 30.1 Å². The average Bonchev–Trinajstić information content (AvgIpc) is 2.82. The molecule has 8 heteroatoms. The second-order valence-corrected chi connectivity index (χ2v) is 5.08. The second-order valence-electron chi connectivity index (χ2n) is 4.30. The fourth-order valence-corrected chi connectivity index (χ4v) is 2.36. The number of amides is 2. The van der Waals surface area contributed by atoms with Gasteiger partial charge in [0.05, 0.1) is 0 Å². The second kappa shape index (κ2) is 5.88. The van der Waals surface area contributed by atoms with Gasteiger partial charge in [0.25, 0.3) is 11.8 Å². The Balaban J connectivity index is 2.24. The molecule has 0 atom stereocenters. The molecule has 0 aliphatic carbocycles. The van der Waals surface area contributed by atoms with Crippen LogP contribution in [0.2, 0.25) is 0 Å². The third-order valence-electron chi connectivity index (χ3n) is 2.70. The summed E-state index contributed by atoms with van der Waals surface area (Å²) in [5, 5.41) is 0. The Kier molecular flexibility index (Phi) is 4.18. The van der Waals surface area contributed by atoms with Crippen LogP contribution in [0, 0.1) is 12.7 Å². The standard InChI is InChI=1S/C13H12FN3O3S/c1-6-2-3-7(8(14)4-6)5-20-13-9(11(15)18)10(12(16)19)21-17-13/h2-4H,5H2,1H3,(H2,15,18)(H2,16,19). The van der Waals surface area contributed by atoms with Gasteiger partial charge in [0.2, 0.25) is 5.88 Å². The maximum atomic E-state index is 13.7. The molecule has 0 saturated carbocycles. The first-order chi connectivity index (χ1) is 9.90. The lowest BCUT2D eigenvalue weighted by Crippen LogP contribution is -2.19. The number of hydrogen-bond acceptors (Lipinski definition) is 5. The lowest BCUT2D eigenvalue weighted by atomic mass is 10.1. The van der Waals surface area contributed by atoms with Crippen molar-refractivity contribution in [2.45, 2.75) is 13.5 Å². The van der Waals surface area contributed by atoms with Crippen molar-refractivity contribution < 1.29 is 18.7 Å². The summed E-state index contributed by atoms with van der Waals surface area (Å²) < 4.78 is 22.8. The molecule has 2 aromatic rings. The zero-order valence-corrected chi connectivity index (χ0v) is 11.9. The molecule has 0 spiro atoms. The third-order valence-corrected chi connectivity index (χ3v) is 3.55. The van der Waals surface area contributed by atoms with Crippen LogP contribution < -0.4 is 16.2 Å². The molecule has 0 bridgehead atoms. The molecule has 4 N–H and O–H groups in total. The van der Waals surface area contributed by atoms with Gasteiger partial charge in [-0.1, -0.05) is 12.1 Å². The highest BCUT2D eigenvalue weighted by Crippen LogP contribution is 2.26. The summed E-state index contributed by atoms with van der Waals surface area (Å²) in [4.78, 5) is 22.5. The highest BCUT2D eigenvalue weighted by atomic mass is 32.1. The molecule has 2 rings (SSSR count). The van der Waals surface area contributed by atoms with Crippen LogP contribution in [0.1, 0.15) is 31.2 Å². The number of rotatable bonds is 5. The number of nitrogens with two attached hydrogens (primary N) is 2. The Labute approximate surface area is 123 Å². The zero-order chi connectivity index (χ0) is 15.6. The number of carbonyl (C=O) groups is 2. The molecule has 1 heterocycles. The van der Waals surface area contributed by atoms with Crippen molar-refractivity contribution in [3.63, 3.8) is 0 Å². The molecule has 0 radical (unpaired) electrons. The first-order valence-electron chi connectivity index (χ1n) is 5.87. The van der Waals surface area contributed by atoms with E-state index >= 15 is 0 Å². The molecular weight excluding hydrogens is 297 g/mol. The first kappa shape index (κ1) is 14.9. The topological polar surface area (TPSA) is 108 Å². The van der Waals surface area contributed by atoms with Crippen LogP contribution in [0.15, 0.2) is 18.2 Å². The minimum Gasteiger partial charge on any atom is -0.471 e. The van der Waals surface area contributed by atoms with E-state index in [4.69, 9.17) is 16.2 Å². The molecule has 1 aromatic heterocycles. The van der Waals surface area contributed by atoms with E-state index < -0.39 is 17.6 Å². The number of halogens is 1. The molecule has 0 aliphatic rings. The summed E-state index contributed by atoms with van der Waals surface area (Å²) in [6.07, 6.45) is 0. The van der Waals surface area contributed by atoms with E-state index in [0.29, 0.717) is 17.1 Å². The lowest BCUT2D eigenvalue weighted by Gasteiger charge is -2.06. The third kappa shape index (κ3) is 3.16. The number of aromatic nitrogens is 1. The monoisotopic (exact) mass is 309 g/mol. The summed E-state index contributed by atoms with van der Waals surface area (Å²) in [6.45, 7) is 1.62. The van der Waals surface area contributed by atoms with Crippen molar-refractivity contribution in [2.75, 3.05) is 0 Å². The van der Waals surface area contributed by atoms with E-state index in [0.717, 1.165) is 5.56 Å². The quantitative estimate of drug-likeness (QED) is 0.869. The maximum Gasteiger partial charge on any atom is 0.261 e. The fourth-order valence-electron chi connectivity index (χ4n) is 1.68. The van der Waals surface area contributed by atoms with Crippen LogP contribution in [0.5, 0.6) is 5.88 Å². The molecule has 0 unspecified atom stereocenters. The normalized spacial score (nSPS) is 10.4. The van der Waals surface area contributed by atoms with Gasteiger partial charge < -0.3 is 16.2 Å².